The first-order chi connectivity index (χ1) is 9.20. The molecule has 0 bridgehead atoms. The lowest BCUT2D eigenvalue weighted by molar-refractivity contribution is 0.239. The van der Waals surface area contributed by atoms with Gasteiger partial charge < -0.3 is 10.3 Å². The van der Waals surface area contributed by atoms with E-state index in [1.807, 2.05) is 0 Å². The molecule has 1 aromatic carbocycles. The van der Waals surface area contributed by atoms with Gasteiger partial charge in [-0.3, -0.25) is 0 Å². The van der Waals surface area contributed by atoms with Crippen LogP contribution in [0.2, 0.25) is 0 Å². The van der Waals surface area contributed by atoms with Crippen LogP contribution in [0.15, 0.2) is 18.2 Å². The number of anilines is 1. The second-order valence-electron chi connectivity index (χ2n) is 5.85. The number of hydrogen-bond acceptors (Lipinski definition) is 2. The van der Waals surface area contributed by atoms with Gasteiger partial charge in [-0.25, -0.2) is 4.98 Å². The first kappa shape index (κ1) is 12.5. The molecule has 1 aliphatic carbocycles. The second-order valence-corrected chi connectivity index (χ2v) is 5.85. The Kier molecular flexibility index (Phi) is 3.21. The molecule has 3 rings (SSSR count). The first-order valence-corrected chi connectivity index (χ1v) is 7.44. The summed E-state index contributed by atoms with van der Waals surface area (Å²) in [4.78, 5) is 4.56. The van der Waals surface area contributed by atoms with E-state index in [4.69, 9.17) is 5.73 Å². The molecule has 1 heterocycles. The van der Waals surface area contributed by atoms with Gasteiger partial charge >= 0.3 is 0 Å². The number of nitrogens with zero attached hydrogens (tertiary/aromatic N) is 2. The van der Waals surface area contributed by atoms with Crippen molar-refractivity contribution in [1.29, 1.82) is 0 Å². The topological polar surface area (TPSA) is 43.8 Å². The number of benzene rings is 1. The average Bonchev–Trinajstić information content (AvgIpc) is 2.73. The van der Waals surface area contributed by atoms with Gasteiger partial charge in [0.1, 0.15) is 0 Å². The molecule has 2 N–H and O–H groups in total. The Hall–Kier alpha value is -1.51. The predicted octanol–water partition coefficient (Wildman–Crippen LogP) is 4.07. The molecule has 0 spiro atoms. The highest BCUT2D eigenvalue weighted by atomic mass is 15.2. The van der Waals surface area contributed by atoms with E-state index in [2.05, 4.69) is 41.6 Å². The van der Waals surface area contributed by atoms with E-state index < -0.39 is 0 Å². The number of nitrogen functional groups attached to an aromatic ring is 1. The maximum atomic E-state index is 6.20. The van der Waals surface area contributed by atoms with Crippen molar-refractivity contribution in [2.24, 2.45) is 5.92 Å². The van der Waals surface area contributed by atoms with Gasteiger partial charge in [-0.1, -0.05) is 32.3 Å². The molecule has 2 atom stereocenters. The van der Waals surface area contributed by atoms with Gasteiger partial charge in [0.2, 0.25) is 5.95 Å². The van der Waals surface area contributed by atoms with Gasteiger partial charge in [-0.2, -0.15) is 0 Å². The molecule has 0 amide bonds. The van der Waals surface area contributed by atoms with E-state index in [0.29, 0.717) is 12.0 Å². The van der Waals surface area contributed by atoms with Gasteiger partial charge in [0, 0.05) is 6.04 Å². The molecule has 3 nitrogen and oxygen atoms in total. The van der Waals surface area contributed by atoms with Crippen LogP contribution in [-0.2, 0) is 0 Å². The third-order valence-electron chi connectivity index (χ3n) is 4.60. The minimum Gasteiger partial charge on any atom is -0.369 e. The molecular formula is C16H23N3. The van der Waals surface area contributed by atoms with Crippen molar-refractivity contribution in [3.8, 4) is 0 Å². The molecule has 19 heavy (non-hydrogen) atoms. The standard InChI is InChI=1S/C16H23N3/c1-3-12-6-4-5-7-14(12)19-15-9-8-11(2)10-13(15)18-16(19)17/h8-10,12,14H,3-7H2,1-2H3,(H2,17,18). The summed E-state index contributed by atoms with van der Waals surface area (Å²) in [6, 6.07) is 7.00. The third kappa shape index (κ3) is 2.11. The molecule has 0 saturated heterocycles. The fourth-order valence-corrected chi connectivity index (χ4v) is 3.58. The van der Waals surface area contributed by atoms with Crippen molar-refractivity contribution < 1.29 is 0 Å². The Balaban J connectivity index is 2.10. The molecule has 102 valence electrons. The fourth-order valence-electron chi connectivity index (χ4n) is 3.58. The predicted molar refractivity (Wildman–Crippen MR) is 80.2 cm³/mol. The van der Waals surface area contributed by atoms with Crippen LogP contribution in [0.25, 0.3) is 11.0 Å². The molecule has 0 aliphatic heterocycles. The summed E-state index contributed by atoms with van der Waals surface area (Å²) in [5.74, 6) is 1.43. The van der Waals surface area contributed by atoms with E-state index >= 15 is 0 Å². The Morgan fingerprint density at radius 1 is 1.32 bits per heavy atom. The fraction of sp³-hybridized carbons (Fsp3) is 0.562. The molecule has 0 radical (unpaired) electrons. The summed E-state index contributed by atoms with van der Waals surface area (Å²) in [7, 11) is 0. The second kappa shape index (κ2) is 4.87. The van der Waals surface area contributed by atoms with Crippen LogP contribution in [0.1, 0.15) is 50.6 Å². The summed E-state index contributed by atoms with van der Waals surface area (Å²) in [6.45, 7) is 4.40. The highest BCUT2D eigenvalue weighted by Gasteiger charge is 2.27. The third-order valence-corrected chi connectivity index (χ3v) is 4.60. The number of aryl methyl sites for hydroxylation is 1. The highest BCUT2D eigenvalue weighted by Crippen LogP contribution is 2.39. The van der Waals surface area contributed by atoms with Gasteiger partial charge in [-0.05, 0) is 43.4 Å². The SMILES string of the molecule is CCC1CCCCC1n1c(N)nc2cc(C)ccc21. The van der Waals surface area contributed by atoms with Crippen molar-refractivity contribution in [1.82, 2.24) is 9.55 Å². The summed E-state index contributed by atoms with van der Waals surface area (Å²) in [6.07, 6.45) is 6.47. The molecular weight excluding hydrogens is 234 g/mol. The van der Waals surface area contributed by atoms with Crippen molar-refractivity contribution in [3.63, 3.8) is 0 Å². The minimum absolute atomic E-state index is 0.534. The number of nitrogens with two attached hydrogens (primary N) is 1. The Labute approximate surface area is 114 Å². The molecule has 2 aromatic rings. The summed E-state index contributed by atoms with van der Waals surface area (Å²) in [5.41, 5.74) is 9.69. The van der Waals surface area contributed by atoms with Gasteiger partial charge in [0.15, 0.2) is 0 Å². The molecule has 2 unspecified atom stereocenters. The number of imidazole rings is 1. The number of aromatic nitrogens is 2. The zero-order chi connectivity index (χ0) is 13.4. The number of fused-ring (bicyclic) bond motifs is 1. The molecule has 1 aliphatic rings. The molecule has 1 fully saturated rings. The largest absolute Gasteiger partial charge is 0.369 e. The van der Waals surface area contributed by atoms with Crippen LogP contribution in [0.3, 0.4) is 0 Å². The summed E-state index contributed by atoms with van der Waals surface area (Å²) < 4.78 is 2.29. The first-order valence-electron chi connectivity index (χ1n) is 7.44. The lowest BCUT2D eigenvalue weighted by atomic mass is 9.82. The van der Waals surface area contributed by atoms with Gasteiger partial charge in [0.05, 0.1) is 11.0 Å². The van der Waals surface area contributed by atoms with Crippen LogP contribution in [0.4, 0.5) is 5.95 Å². The lowest BCUT2D eigenvalue weighted by Crippen LogP contribution is -2.23. The van der Waals surface area contributed by atoms with Crippen LogP contribution >= 0.6 is 0 Å². The summed E-state index contributed by atoms with van der Waals surface area (Å²) in [5, 5.41) is 0. The molecule has 1 aromatic heterocycles. The zero-order valence-corrected chi connectivity index (χ0v) is 11.9. The van der Waals surface area contributed by atoms with E-state index in [9.17, 15) is 0 Å². The number of rotatable bonds is 2. The molecule has 3 heteroatoms. The van der Waals surface area contributed by atoms with E-state index in [0.717, 1.165) is 11.4 Å². The Morgan fingerprint density at radius 2 is 2.11 bits per heavy atom. The van der Waals surface area contributed by atoms with E-state index in [-0.39, 0.29) is 0 Å². The van der Waals surface area contributed by atoms with Crippen LogP contribution in [0.5, 0.6) is 0 Å². The normalized spacial score (nSPS) is 23.9. The maximum absolute atomic E-state index is 6.20. The van der Waals surface area contributed by atoms with Crippen LogP contribution in [-0.4, -0.2) is 9.55 Å². The van der Waals surface area contributed by atoms with Crippen molar-refractivity contribution in [2.45, 2.75) is 52.0 Å². The van der Waals surface area contributed by atoms with Crippen molar-refractivity contribution >= 4 is 17.0 Å². The van der Waals surface area contributed by atoms with Crippen molar-refractivity contribution in [3.05, 3.63) is 23.8 Å². The van der Waals surface area contributed by atoms with Crippen LogP contribution < -0.4 is 5.73 Å². The van der Waals surface area contributed by atoms with Gasteiger partial charge in [0.25, 0.3) is 0 Å². The van der Waals surface area contributed by atoms with E-state index in [1.165, 1.54) is 43.2 Å². The monoisotopic (exact) mass is 257 g/mol. The van der Waals surface area contributed by atoms with E-state index in [1.54, 1.807) is 0 Å². The highest BCUT2D eigenvalue weighted by molar-refractivity contribution is 5.79. The molecule has 1 saturated carbocycles. The quantitative estimate of drug-likeness (QED) is 0.881. The minimum atomic E-state index is 0.534. The van der Waals surface area contributed by atoms with Gasteiger partial charge in [-0.15, -0.1) is 0 Å². The smallest absolute Gasteiger partial charge is 0.201 e. The van der Waals surface area contributed by atoms with Crippen molar-refractivity contribution in [2.75, 3.05) is 5.73 Å². The Bertz CT molecular complexity index is 585. The lowest BCUT2D eigenvalue weighted by Gasteiger charge is -2.32. The maximum Gasteiger partial charge on any atom is 0.201 e. The van der Waals surface area contributed by atoms with Crippen LogP contribution in [0, 0.1) is 12.8 Å². The zero-order valence-electron chi connectivity index (χ0n) is 11.9. The number of hydrogen-bond donors (Lipinski definition) is 1. The Morgan fingerprint density at radius 3 is 2.89 bits per heavy atom. The summed E-state index contributed by atoms with van der Waals surface area (Å²) >= 11 is 0. The average molecular weight is 257 g/mol.